The summed E-state index contributed by atoms with van der Waals surface area (Å²) in [4.78, 5) is 2.89. The lowest BCUT2D eigenvalue weighted by molar-refractivity contribution is -0.688. The van der Waals surface area contributed by atoms with Gasteiger partial charge in [-0.05, 0) is 6.42 Å². The van der Waals surface area contributed by atoms with Gasteiger partial charge in [-0.15, -0.1) is 0 Å². The van der Waals surface area contributed by atoms with Gasteiger partial charge in [0.2, 0.25) is 0 Å². The fraction of sp³-hybridized carbons (Fsp3) is 0.800. The van der Waals surface area contributed by atoms with Crippen LogP contribution in [0.1, 0.15) is 39.0 Å². The summed E-state index contributed by atoms with van der Waals surface area (Å²) in [6.07, 6.45) is 5.15. The number of rotatable bonds is 7. The van der Waals surface area contributed by atoms with Gasteiger partial charge in [-0.2, -0.15) is 10.5 Å². The molecule has 2 rings (SSSR count). The van der Waals surface area contributed by atoms with Crippen LogP contribution in [0.4, 0.5) is 0 Å². The summed E-state index contributed by atoms with van der Waals surface area (Å²) in [7, 11) is 2.92. The molecule has 0 aromatic carbocycles. The molecule has 0 saturated heterocycles. The average molecular weight is 291 g/mol. The highest BCUT2D eigenvalue weighted by molar-refractivity contribution is 5.93. The summed E-state index contributed by atoms with van der Waals surface area (Å²) in [6.45, 7) is 2.15. The number of amidine groups is 1. The molecular formula is C15H23N4O2+. The van der Waals surface area contributed by atoms with Gasteiger partial charge in [0.15, 0.2) is 10.8 Å². The van der Waals surface area contributed by atoms with Gasteiger partial charge in [-0.1, -0.05) is 32.6 Å². The molecule has 21 heavy (non-hydrogen) atoms. The third-order valence-corrected chi connectivity index (χ3v) is 5.10. The van der Waals surface area contributed by atoms with Crippen LogP contribution in [0, 0.1) is 39.4 Å². The maximum Gasteiger partial charge on any atom is 0.342 e. The van der Waals surface area contributed by atoms with Crippen molar-refractivity contribution in [1.82, 2.24) is 0 Å². The van der Waals surface area contributed by atoms with E-state index in [9.17, 15) is 10.5 Å². The molecule has 0 unspecified atom stereocenters. The fourth-order valence-electron chi connectivity index (χ4n) is 4.00. The number of hydrogen-bond acceptors (Lipinski definition) is 5. The predicted octanol–water partition coefficient (Wildman–Crippen LogP) is 0.00456. The molecule has 1 aliphatic carbocycles. The summed E-state index contributed by atoms with van der Waals surface area (Å²) in [5.41, 5.74) is 3.96. The average Bonchev–Trinajstić information content (AvgIpc) is 3.05. The standard InChI is InChI=1S/C15H22N4O2/c1-4-5-6-7-8-11-13(9-16)12(18)19-15(20-2,21-3)14(11,13)10-17/h11H,4-8H2,1-3H3,(H2,18,19)/p+1/t11-,13-,14-/m1/s1. The quantitative estimate of drug-likeness (QED) is 0.507. The topological polar surface area (TPSA) is 106 Å². The first-order valence-electron chi connectivity index (χ1n) is 7.40. The molecule has 0 amide bonds. The van der Waals surface area contributed by atoms with Gasteiger partial charge in [-0.3, -0.25) is 5.73 Å². The van der Waals surface area contributed by atoms with E-state index in [1.807, 2.05) is 0 Å². The van der Waals surface area contributed by atoms with E-state index < -0.39 is 16.7 Å². The van der Waals surface area contributed by atoms with E-state index in [1.54, 1.807) is 0 Å². The van der Waals surface area contributed by atoms with Crippen LogP contribution in [0.2, 0.25) is 0 Å². The summed E-state index contributed by atoms with van der Waals surface area (Å²) < 4.78 is 10.9. The van der Waals surface area contributed by atoms with E-state index >= 15 is 0 Å². The minimum absolute atomic E-state index is 0.155. The number of fused-ring (bicyclic) bond motifs is 1. The lowest BCUT2D eigenvalue weighted by Crippen LogP contribution is -2.90. The van der Waals surface area contributed by atoms with E-state index in [-0.39, 0.29) is 11.8 Å². The van der Waals surface area contributed by atoms with Crippen LogP contribution in [-0.4, -0.2) is 26.0 Å². The molecule has 3 atom stereocenters. The van der Waals surface area contributed by atoms with E-state index in [0.29, 0.717) is 0 Å². The first-order chi connectivity index (χ1) is 10.1. The molecule has 0 aromatic rings. The van der Waals surface area contributed by atoms with Crippen LogP contribution >= 0.6 is 0 Å². The van der Waals surface area contributed by atoms with Crippen molar-refractivity contribution in [1.29, 1.82) is 10.5 Å². The van der Waals surface area contributed by atoms with E-state index in [0.717, 1.165) is 32.1 Å². The van der Waals surface area contributed by atoms with Gasteiger partial charge in [0.1, 0.15) is 0 Å². The van der Waals surface area contributed by atoms with Gasteiger partial charge in [-0.25, -0.2) is 4.99 Å². The molecule has 1 aliphatic heterocycles. The number of unbranched alkanes of at least 4 members (excludes halogenated alkanes) is 3. The SMILES string of the molecule is CCCCCC[C@@H]1[C@]2(C#N)C(N)=[NH+]C(OC)(OC)[C@]12C#N. The molecule has 6 heteroatoms. The summed E-state index contributed by atoms with van der Waals surface area (Å²) in [5.74, 6) is -1.20. The summed E-state index contributed by atoms with van der Waals surface area (Å²) in [5, 5.41) is 19.5. The molecule has 6 nitrogen and oxygen atoms in total. The van der Waals surface area contributed by atoms with Crippen LogP contribution in [0.25, 0.3) is 0 Å². The van der Waals surface area contributed by atoms with Crippen molar-refractivity contribution < 1.29 is 14.5 Å². The van der Waals surface area contributed by atoms with Crippen molar-refractivity contribution in [2.45, 2.75) is 44.9 Å². The molecule has 1 fully saturated rings. The van der Waals surface area contributed by atoms with E-state index in [2.05, 4.69) is 24.1 Å². The van der Waals surface area contributed by atoms with Crippen LogP contribution in [0.3, 0.4) is 0 Å². The molecular weight excluding hydrogens is 268 g/mol. The zero-order valence-electron chi connectivity index (χ0n) is 12.9. The predicted molar refractivity (Wildman–Crippen MR) is 75.2 cm³/mol. The Hall–Kier alpha value is -1.63. The fourth-order valence-corrected chi connectivity index (χ4v) is 4.00. The highest BCUT2D eigenvalue weighted by Gasteiger charge is 2.96. The third-order valence-electron chi connectivity index (χ3n) is 5.10. The van der Waals surface area contributed by atoms with Crippen LogP contribution < -0.4 is 10.7 Å². The zero-order chi connectivity index (χ0) is 15.7. The van der Waals surface area contributed by atoms with Gasteiger partial charge in [0, 0.05) is 20.1 Å². The molecule has 1 saturated carbocycles. The Morgan fingerprint density at radius 3 is 2.33 bits per heavy atom. The lowest BCUT2D eigenvalue weighted by atomic mass is 9.94. The maximum absolute atomic E-state index is 9.78. The Morgan fingerprint density at radius 1 is 1.19 bits per heavy atom. The highest BCUT2D eigenvalue weighted by Crippen LogP contribution is 2.75. The first kappa shape index (κ1) is 15.8. The van der Waals surface area contributed by atoms with Crippen LogP contribution in [0.5, 0.6) is 0 Å². The summed E-state index contributed by atoms with van der Waals surface area (Å²) in [6, 6.07) is 4.55. The number of nitrogens with two attached hydrogens (primary N) is 1. The smallest absolute Gasteiger partial charge is 0.317 e. The minimum Gasteiger partial charge on any atom is -0.317 e. The molecule has 0 spiro atoms. The first-order valence-corrected chi connectivity index (χ1v) is 7.40. The van der Waals surface area contributed by atoms with Gasteiger partial charge < -0.3 is 9.47 Å². The van der Waals surface area contributed by atoms with Crippen molar-refractivity contribution in [3.8, 4) is 12.1 Å². The van der Waals surface area contributed by atoms with Crippen LogP contribution in [0.15, 0.2) is 0 Å². The van der Waals surface area contributed by atoms with Crippen molar-refractivity contribution >= 4 is 5.84 Å². The molecule has 2 aliphatic rings. The van der Waals surface area contributed by atoms with Crippen molar-refractivity contribution in [3.63, 3.8) is 0 Å². The number of nitrogens with one attached hydrogen (secondary N) is 1. The monoisotopic (exact) mass is 291 g/mol. The second-order valence-electron chi connectivity index (χ2n) is 5.81. The number of nitriles is 2. The lowest BCUT2D eigenvalue weighted by Gasteiger charge is -2.26. The number of ether oxygens (including phenoxy) is 2. The molecule has 3 N–H and O–H groups in total. The Kier molecular flexibility index (Phi) is 3.97. The van der Waals surface area contributed by atoms with E-state index in [1.165, 1.54) is 14.2 Å². The maximum atomic E-state index is 9.78. The third kappa shape index (κ3) is 1.61. The van der Waals surface area contributed by atoms with Crippen molar-refractivity contribution in [3.05, 3.63) is 0 Å². The molecule has 1 heterocycles. The minimum atomic E-state index is -1.34. The Bertz CT molecular complexity index is 529. The second-order valence-corrected chi connectivity index (χ2v) is 5.81. The van der Waals surface area contributed by atoms with E-state index in [4.69, 9.17) is 15.2 Å². The van der Waals surface area contributed by atoms with Gasteiger partial charge in [0.05, 0.1) is 12.1 Å². The Balaban J connectivity index is 2.32. The van der Waals surface area contributed by atoms with Crippen molar-refractivity contribution in [2.75, 3.05) is 14.2 Å². The molecule has 0 radical (unpaired) electrons. The Morgan fingerprint density at radius 2 is 1.86 bits per heavy atom. The molecule has 0 bridgehead atoms. The largest absolute Gasteiger partial charge is 0.342 e. The second kappa shape index (κ2) is 5.29. The van der Waals surface area contributed by atoms with Gasteiger partial charge >= 0.3 is 5.91 Å². The summed E-state index contributed by atoms with van der Waals surface area (Å²) >= 11 is 0. The van der Waals surface area contributed by atoms with Crippen molar-refractivity contribution in [2.24, 2.45) is 22.5 Å². The zero-order valence-corrected chi connectivity index (χ0v) is 12.9. The normalized spacial score (nSPS) is 35.5. The highest BCUT2D eigenvalue weighted by atomic mass is 16.7. The molecule has 0 aromatic heterocycles. The van der Waals surface area contributed by atoms with Gasteiger partial charge in [0.25, 0.3) is 5.84 Å². The Labute approximate surface area is 125 Å². The number of hydrogen-bond donors (Lipinski definition) is 2. The number of methoxy groups -OCH3 is 2. The molecule has 114 valence electrons. The number of nitrogens with zero attached hydrogens (tertiary/aromatic N) is 2. The van der Waals surface area contributed by atoms with Crippen LogP contribution in [-0.2, 0) is 9.47 Å².